The van der Waals surface area contributed by atoms with Crippen LogP contribution in [0.5, 0.6) is 0 Å². The number of aromatic nitrogens is 1. The summed E-state index contributed by atoms with van der Waals surface area (Å²) in [5, 5.41) is 0. The zero-order valence-corrected chi connectivity index (χ0v) is 18.2. The molecule has 0 aromatic carbocycles. The van der Waals surface area contributed by atoms with Crippen molar-refractivity contribution in [3.8, 4) is 0 Å². The molecule has 0 spiro atoms. The van der Waals surface area contributed by atoms with Crippen molar-refractivity contribution in [1.29, 1.82) is 0 Å². The van der Waals surface area contributed by atoms with Crippen LogP contribution in [0, 0.1) is 5.95 Å². The van der Waals surface area contributed by atoms with E-state index in [4.69, 9.17) is 18.8 Å². The van der Waals surface area contributed by atoms with Gasteiger partial charge in [-0.25, -0.2) is 9.78 Å². The summed E-state index contributed by atoms with van der Waals surface area (Å²) in [7, 11) is -0.778. The number of hydrogen-bond donors (Lipinski definition) is 0. The monoisotopic (exact) mass is 408 g/mol. The predicted octanol–water partition coefficient (Wildman–Crippen LogP) is 2.83. The average molecular weight is 408 g/mol. The first-order valence-electron chi connectivity index (χ1n) is 9.90. The highest BCUT2D eigenvalue weighted by atomic mass is 19.1. The Hall–Kier alpha value is -1.71. The Morgan fingerprint density at radius 1 is 1.24 bits per heavy atom. The Bertz CT molecular complexity index is 765. The Labute approximate surface area is 172 Å². The van der Waals surface area contributed by atoms with E-state index < -0.39 is 42.1 Å². The second-order valence-corrected chi connectivity index (χ2v) is 9.52. The molecule has 160 valence electrons. The topological polar surface area (TPSA) is 70.1 Å². The number of halogens is 1. The van der Waals surface area contributed by atoms with Gasteiger partial charge in [0.2, 0.25) is 5.95 Å². The third-order valence-electron chi connectivity index (χ3n) is 5.42. The summed E-state index contributed by atoms with van der Waals surface area (Å²) in [5.74, 6) is -0.648. The van der Waals surface area contributed by atoms with Crippen molar-refractivity contribution >= 4 is 18.8 Å². The van der Waals surface area contributed by atoms with Gasteiger partial charge in [-0.2, -0.15) is 4.39 Å². The molecule has 0 aliphatic carbocycles. The first-order valence-corrected chi connectivity index (χ1v) is 9.90. The van der Waals surface area contributed by atoms with E-state index in [-0.39, 0.29) is 6.54 Å². The van der Waals surface area contributed by atoms with E-state index in [9.17, 15) is 9.18 Å². The molecule has 1 aromatic rings. The van der Waals surface area contributed by atoms with Crippen LogP contribution < -0.4 is 5.59 Å². The summed E-state index contributed by atoms with van der Waals surface area (Å²) < 4.78 is 37.5. The molecule has 1 unspecified atom stereocenters. The van der Waals surface area contributed by atoms with Gasteiger partial charge in [-0.1, -0.05) is 0 Å². The van der Waals surface area contributed by atoms with Crippen LogP contribution >= 0.6 is 0 Å². The van der Waals surface area contributed by atoms with Gasteiger partial charge in [0, 0.05) is 6.54 Å². The Morgan fingerprint density at radius 3 is 2.45 bits per heavy atom. The molecule has 2 saturated heterocycles. The molecule has 0 radical (unpaired) electrons. The van der Waals surface area contributed by atoms with Gasteiger partial charge in [-0.15, -0.1) is 0 Å². The van der Waals surface area contributed by atoms with E-state index >= 15 is 0 Å². The number of pyridine rings is 1. The highest BCUT2D eigenvalue weighted by Crippen LogP contribution is 2.36. The van der Waals surface area contributed by atoms with Gasteiger partial charge in [0.15, 0.2) is 0 Å². The summed E-state index contributed by atoms with van der Waals surface area (Å²) in [6.45, 7) is 14.2. The first-order chi connectivity index (χ1) is 13.3. The number of nitrogens with zero attached hydrogens (tertiary/aromatic N) is 2. The van der Waals surface area contributed by atoms with Gasteiger partial charge < -0.3 is 23.7 Å². The van der Waals surface area contributed by atoms with Crippen molar-refractivity contribution in [2.45, 2.75) is 71.4 Å². The number of rotatable bonds is 2. The van der Waals surface area contributed by atoms with Gasteiger partial charge in [0.25, 0.3) is 0 Å². The fraction of sp³-hybridized carbons (Fsp3) is 0.700. The van der Waals surface area contributed by atoms with Crippen molar-refractivity contribution in [3.05, 3.63) is 23.6 Å². The highest BCUT2D eigenvalue weighted by Gasteiger charge is 2.52. The predicted molar refractivity (Wildman–Crippen MR) is 106 cm³/mol. The van der Waals surface area contributed by atoms with Crippen LogP contribution in [0.25, 0.3) is 0 Å². The van der Waals surface area contributed by atoms with E-state index in [1.165, 1.54) is 6.07 Å². The molecule has 2 aliphatic heterocycles. The lowest BCUT2D eigenvalue weighted by atomic mass is 9.83. The molecule has 3 heterocycles. The fourth-order valence-electron chi connectivity index (χ4n) is 3.15. The molecule has 1 amide bonds. The summed E-state index contributed by atoms with van der Waals surface area (Å²) >= 11 is 0. The van der Waals surface area contributed by atoms with Crippen LogP contribution in [0.15, 0.2) is 12.1 Å². The van der Waals surface area contributed by atoms with Crippen LogP contribution in [0.2, 0.25) is 0 Å². The fourth-order valence-corrected chi connectivity index (χ4v) is 3.15. The second-order valence-electron chi connectivity index (χ2n) is 9.52. The van der Waals surface area contributed by atoms with Crippen molar-refractivity contribution in [3.63, 3.8) is 0 Å². The molecule has 7 nitrogen and oxygen atoms in total. The quantitative estimate of drug-likeness (QED) is 0.554. The normalized spacial score (nSPS) is 23.9. The van der Waals surface area contributed by atoms with Crippen molar-refractivity contribution in [1.82, 2.24) is 9.88 Å². The lowest BCUT2D eigenvalue weighted by molar-refractivity contribution is -0.0433. The minimum atomic E-state index is -0.778. The van der Waals surface area contributed by atoms with Crippen LogP contribution in [-0.4, -0.2) is 59.6 Å². The molecule has 2 aliphatic rings. The molecule has 1 aromatic heterocycles. The molecule has 0 bridgehead atoms. The summed E-state index contributed by atoms with van der Waals surface area (Å²) in [4.78, 5) is 17.9. The molecular weight excluding hydrogens is 378 g/mol. The number of hydrogen-bond acceptors (Lipinski definition) is 6. The third kappa shape index (κ3) is 4.90. The zero-order chi connectivity index (χ0) is 21.6. The minimum Gasteiger partial charge on any atom is -0.444 e. The number of amides is 1. The summed E-state index contributed by atoms with van der Waals surface area (Å²) in [6.07, 6.45) is -0.901. The maximum atomic E-state index is 14.3. The SMILES string of the molecule is CC(C)(C)OC(=O)N1CCOC(c2cc(F)nc(B3OC(C)(C)C(C)(C)O3)c2)C1. The molecular formula is C20H30BFN2O5. The average Bonchev–Trinajstić information content (AvgIpc) is 2.81. The Morgan fingerprint density at radius 2 is 1.86 bits per heavy atom. The molecule has 0 N–H and O–H groups in total. The lowest BCUT2D eigenvalue weighted by Gasteiger charge is -2.34. The molecule has 1 atom stereocenters. The number of ether oxygens (including phenoxy) is 2. The van der Waals surface area contributed by atoms with Crippen molar-refractivity contribution in [2.24, 2.45) is 0 Å². The Kier molecular flexibility index (Phi) is 5.70. The van der Waals surface area contributed by atoms with E-state index in [0.29, 0.717) is 24.3 Å². The minimum absolute atomic E-state index is 0.265. The van der Waals surface area contributed by atoms with E-state index in [1.807, 2.05) is 48.5 Å². The van der Waals surface area contributed by atoms with Crippen molar-refractivity contribution < 1.29 is 28.0 Å². The van der Waals surface area contributed by atoms with Gasteiger partial charge in [0.05, 0.1) is 29.9 Å². The molecule has 2 fully saturated rings. The standard InChI is InChI=1S/C20H30BFN2O5/c1-18(2,3)27-17(25)24-8-9-26-14(12-24)13-10-15(23-16(22)11-13)21-28-19(4,5)20(6,7)29-21/h10-11,14H,8-9,12H2,1-7H3. The molecule has 9 heteroatoms. The molecule has 0 saturated carbocycles. The Balaban J connectivity index is 1.79. The summed E-state index contributed by atoms with van der Waals surface area (Å²) in [5.41, 5.74) is -0.772. The maximum Gasteiger partial charge on any atom is 0.514 e. The van der Waals surface area contributed by atoms with Crippen LogP contribution in [0.3, 0.4) is 0 Å². The smallest absolute Gasteiger partial charge is 0.444 e. The molecule has 3 rings (SSSR count). The largest absolute Gasteiger partial charge is 0.514 e. The van der Waals surface area contributed by atoms with E-state index in [2.05, 4.69) is 4.98 Å². The van der Waals surface area contributed by atoms with Crippen molar-refractivity contribution in [2.75, 3.05) is 19.7 Å². The number of carbonyl (C=O) groups is 1. The number of morpholine rings is 1. The lowest BCUT2D eigenvalue weighted by Crippen LogP contribution is -2.45. The van der Waals surface area contributed by atoms with Crippen LogP contribution in [-0.2, 0) is 18.8 Å². The molecule has 29 heavy (non-hydrogen) atoms. The van der Waals surface area contributed by atoms with Gasteiger partial charge in [0.1, 0.15) is 11.7 Å². The second kappa shape index (κ2) is 7.52. The number of carbonyl (C=O) groups excluding carboxylic acids is 1. The maximum absolute atomic E-state index is 14.3. The third-order valence-corrected chi connectivity index (χ3v) is 5.42. The highest BCUT2D eigenvalue weighted by molar-refractivity contribution is 6.61. The van der Waals surface area contributed by atoms with Gasteiger partial charge in [-0.3, -0.25) is 0 Å². The van der Waals surface area contributed by atoms with Crippen LogP contribution in [0.4, 0.5) is 9.18 Å². The first kappa shape index (κ1) is 22.0. The van der Waals surface area contributed by atoms with E-state index in [1.54, 1.807) is 11.0 Å². The van der Waals surface area contributed by atoms with Gasteiger partial charge >= 0.3 is 13.2 Å². The zero-order valence-electron chi connectivity index (χ0n) is 18.2. The van der Waals surface area contributed by atoms with Crippen LogP contribution in [0.1, 0.15) is 60.1 Å². The van der Waals surface area contributed by atoms with E-state index in [0.717, 1.165) is 0 Å². The van der Waals surface area contributed by atoms with Gasteiger partial charge in [-0.05, 0) is 66.2 Å². The summed E-state index contributed by atoms with van der Waals surface area (Å²) in [6, 6.07) is 3.03.